The molecular formula is C69H59N5O6S3. The first-order chi connectivity index (χ1) is 40.9. The second kappa shape index (κ2) is 25.3. The third-order valence-electron chi connectivity index (χ3n) is 15.4. The highest BCUT2D eigenvalue weighted by atomic mass is 32.2. The van der Waals surface area contributed by atoms with Crippen molar-refractivity contribution in [2.75, 3.05) is 30.0 Å². The number of oxime groups is 1. The summed E-state index contributed by atoms with van der Waals surface area (Å²) < 4.78 is 12.2. The molecule has 0 radical (unpaired) electrons. The van der Waals surface area contributed by atoms with Gasteiger partial charge in [-0.2, -0.15) is 0 Å². The fourth-order valence-electron chi connectivity index (χ4n) is 11.2. The summed E-state index contributed by atoms with van der Waals surface area (Å²) in [4.78, 5) is 60.2. The van der Waals surface area contributed by atoms with Gasteiger partial charge in [-0.15, -0.1) is 34.9 Å². The summed E-state index contributed by atoms with van der Waals surface area (Å²) in [6.07, 6.45) is 1.08. The lowest BCUT2D eigenvalue weighted by Gasteiger charge is -2.49. The summed E-state index contributed by atoms with van der Waals surface area (Å²) in [5.74, 6) is -0.188. The van der Waals surface area contributed by atoms with Crippen LogP contribution in [-0.4, -0.2) is 69.5 Å². The quantitative estimate of drug-likeness (QED) is 0.0250. The Balaban J connectivity index is 0.927. The van der Waals surface area contributed by atoms with Gasteiger partial charge in [0.25, 0.3) is 11.8 Å². The van der Waals surface area contributed by atoms with Crippen molar-refractivity contribution in [3.8, 4) is 0 Å². The smallest absolute Gasteiger partial charge is 0.356 e. The lowest BCUT2D eigenvalue weighted by Crippen LogP contribution is -2.71. The number of hydrogen-bond acceptors (Lipinski definition) is 12. The summed E-state index contributed by atoms with van der Waals surface area (Å²) in [5, 5.41) is 13.5. The van der Waals surface area contributed by atoms with Gasteiger partial charge in [-0.1, -0.05) is 248 Å². The standard InChI is InChI=1S/C69H59N5O6S3/c75-63(71-60-64(76)74-61(58(47-82-65(60)74)81-45-48-41-43-78-44-42-48)66(77)79-62(49-25-9-1-10-26-49)50-27-11-2-12-28-50)59(73-80-69(54-35-19-6-20-36-54,55-37-21-7-22-38-55)56-39-23-8-24-40-56)57-46-83-67(70-57)72-68(51-29-13-3-14-30-51,52-31-15-4-16-32-52)53-33-17-5-18-34-53/h1-40,46,48,60,62,65H,41-45,47H2,(H,70,72)(H,71,75)/b73-59-/t60?,65-/m0/s1. The maximum absolute atomic E-state index is 15.6. The van der Waals surface area contributed by atoms with Crippen molar-refractivity contribution in [3.05, 3.63) is 309 Å². The van der Waals surface area contributed by atoms with Crippen molar-refractivity contribution in [1.29, 1.82) is 0 Å². The van der Waals surface area contributed by atoms with E-state index in [1.165, 1.54) is 28.0 Å². The first-order valence-electron chi connectivity index (χ1n) is 27.7. The highest BCUT2D eigenvalue weighted by Crippen LogP contribution is 2.47. The normalized spacial score (nSPS) is 16.6. The maximum Gasteiger partial charge on any atom is 0.356 e. The molecule has 9 aromatic rings. The second-order valence-electron chi connectivity index (χ2n) is 20.4. The minimum Gasteiger partial charge on any atom is -0.448 e. The van der Waals surface area contributed by atoms with Gasteiger partial charge in [0.2, 0.25) is 5.60 Å². The van der Waals surface area contributed by atoms with Crippen molar-refractivity contribution in [1.82, 2.24) is 15.2 Å². The van der Waals surface area contributed by atoms with Gasteiger partial charge in [0.1, 0.15) is 28.3 Å². The van der Waals surface area contributed by atoms with Gasteiger partial charge in [0.05, 0.1) is 0 Å². The highest BCUT2D eigenvalue weighted by Gasteiger charge is 2.55. The van der Waals surface area contributed by atoms with E-state index in [9.17, 15) is 0 Å². The predicted octanol–water partition coefficient (Wildman–Crippen LogP) is 13.4. The minimum absolute atomic E-state index is 0.158. The number of benzene rings is 8. The van der Waals surface area contributed by atoms with Crippen LogP contribution in [0.2, 0.25) is 0 Å². The van der Waals surface area contributed by atoms with Gasteiger partial charge in [-0.3, -0.25) is 14.5 Å². The number of β-lactam (4-membered cyclic amide) rings is 1. The second-order valence-corrected chi connectivity index (χ2v) is 23.5. The number of amides is 2. The topological polar surface area (TPSA) is 131 Å². The molecule has 14 heteroatoms. The average Bonchev–Trinajstić information content (AvgIpc) is 2.35. The third-order valence-corrected chi connectivity index (χ3v) is 18.9. The zero-order valence-electron chi connectivity index (χ0n) is 45.2. The van der Waals surface area contributed by atoms with Gasteiger partial charge < -0.3 is 24.9 Å². The summed E-state index contributed by atoms with van der Waals surface area (Å²) in [6, 6.07) is 78.2. The molecule has 3 aliphatic rings. The molecule has 2 atom stereocenters. The van der Waals surface area contributed by atoms with Gasteiger partial charge in [-0.05, 0) is 46.6 Å². The molecule has 0 spiro atoms. The van der Waals surface area contributed by atoms with Crippen molar-refractivity contribution in [3.63, 3.8) is 0 Å². The van der Waals surface area contributed by atoms with Gasteiger partial charge in [0, 0.05) is 51.7 Å². The Morgan fingerprint density at radius 3 is 1.55 bits per heavy atom. The summed E-state index contributed by atoms with van der Waals surface area (Å²) in [6.45, 7) is 1.38. The molecule has 414 valence electrons. The molecule has 2 fully saturated rings. The summed E-state index contributed by atoms with van der Waals surface area (Å²) in [5.41, 5.74) is 4.75. The molecule has 12 rings (SSSR count). The van der Waals surface area contributed by atoms with Crippen LogP contribution in [0.5, 0.6) is 0 Å². The van der Waals surface area contributed by atoms with Crippen LogP contribution in [0, 0.1) is 5.92 Å². The van der Waals surface area contributed by atoms with E-state index < -0.39 is 46.4 Å². The van der Waals surface area contributed by atoms with Crippen LogP contribution in [0.4, 0.5) is 5.13 Å². The Morgan fingerprint density at radius 1 is 0.639 bits per heavy atom. The minimum atomic E-state index is -1.37. The number of fused-ring (bicyclic) bond motifs is 1. The Labute approximate surface area is 495 Å². The molecule has 8 aromatic carbocycles. The Hall–Kier alpha value is -8.53. The van der Waals surface area contributed by atoms with E-state index in [1.807, 2.05) is 206 Å². The van der Waals surface area contributed by atoms with Crippen LogP contribution in [0.1, 0.15) is 69.1 Å². The van der Waals surface area contributed by atoms with E-state index in [0.29, 0.717) is 30.0 Å². The van der Waals surface area contributed by atoms with Crippen LogP contribution in [0.15, 0.2) is 264 Å². The van der Waals surface area contributed by atoms with Crippen molar-refractivity contribution in [2.45, 2.75) is 41.5 Å². The lowest BCUT2D eigenvalue weighted by atomic mass is 9.77. The van der Waals surface area contributed by atoms with Crippen LogP contribution in [0.25, 0.3) is 0 Å². The Kier molecular flexibility index (Phi) is 16.8. The molecule has 0 saturated carbocycles. The number of ether oxygens (including phenoxy) is 2. The first-order valence-corrected chi connectivity index (χ1v) is 30.7. The first kappa shape index (κ1) is 55.0. The summed E-state index contributed by atoms with van der Waals surface area (Å²) >= 11 is 4.42. The number of carbonyl (C=O) groups is 3. The number of nitrogens with zero attached hydrogens (tertiary/aromatic N) is 3. The van der Waals surface area contributed by atoms with E-state index in [4.69, 9.17) is 24.5 Å². The van der Waals surface area contributed by atoms with Crippen LogP contribution >= 0.6 is 34.9 Å². The molecule has 2 amide bonds. The largest absolute Gasteiger partial charge is 0.448 e. The highest BCUT2D eigenvalue weighted by molar-refractivity contribution is 8.06. The van der Waals surface area contributed by atoms with Crippen molar-refractivity contribution in [2.24, 2.45) is 11.1 Å². The average molecular weight is 1150 g/mol. The van der Waals surface area contributed by atoms with E-state index in [1.54, 1.807) is 17.1 Å². The van der Waals surface area contributed by atoms with Crippen LogP contribution in [0.3, 0.4) is 0 Å². The Morgan fingerprint density at radius 2 is 1.08 bits per heavy atom. The number of rotatable bonds is 20. The number of hydrogen-bond donors (Lipinski definition) is 2. The molecule has 0 bridgehead atoms. The zero-order valence-corrected chi connectivity index (χ0v) is 47.7. The molecular weight excluding hydrogens is 1090 g/mol. The fraction of sp³-hybridized carbons (Fsp3) is 0.174. The number of nitrogens with one attached hydrogen (secondary N) is 2. The van der Waals surface area contributed by atoms with Crippen molar-refractivity contribution >= 4 is 63.5 Å². The number of aromatic nitrogens is 1. The van der Waals surface area contributed by atoms with E-state index >= 15 is 14.4 Å². The van der Waals surface area contributed by atoms with Gasteiger partial charge >= 0.3 is 5.97 Å². The number of anilines is 1. The molecule has 2 saturated heterocycles. The molecule has 83 heavy (non-hydrogen) atoms. The molecule has 1 aromatic heterocycles. The fourth-order valence-corrected chi connectivity index (χ4v) is 14.7. The number of thiazole rings is 1. The number of thioether (sulfide) groups is 2. The van der Waals surface area contributed by atoms with E-state index in [-0.39, 0.29) is 17.1 Å². The maximum atomic E-state index is 15.6. The van der Waals surface area contributed by atoms with Gasteiger partial charge in [0.15, 0.2) is 16.9 Å². The van der Waals surface area contributed by atoms with Crippen molar-refractivity contribution < 1.29 is 28.7 Å². The zero-order chi connectivity index (χ0) is 56.4. The van der Waals surface area contributed by atoms with E-state index in [0.717, 1.165) is 68.0 Å². The number of esters is 1. The molecule has 4 heterocycles. The monoisotopic (exact) mass is 1150 g/mol. The Bertz CT molecular complexity index is 3470. The third kappa shape index (κ3) is 11.4. The lowest BCUT2D eigenvalue weighted by molar-refractivity contribution is -0.154. The SMILES string of the molecule is O=C(OC(c1ccccc1)c1ccccc1)C1=C(SCC2CCOCC2)CS[C@H]2C(NC(=O)/C(=N\OC(c3ccccc3)(c3ccccc3)c3ccccc3)c3csc(NC(c4ccccc4)(c4ccccc4)c4ccccc4)n3)C(=O)N12. The molecule has 11 nitrogen and oxygen atoms in total. The van der Waals surface area contributed by atoms with Crippen LogP contribution in [-0.2, 0) is 39.8 Å². The molecule has 0 aliphatic carbocycles. The van der Waals surface area contributed by atoms with Crippen LogP contribution < -0.4 is 10.6 Å². The number of carbonyl (C=O) groups excluding carboxylic acids is 3. The van der Waals surface area contributed by atoms with E-state index in [2.05, 4.69) is 47.0 Å². The molecule has 2 N–H and O–H groups in total. The summed E-state index contributed by atoms with van der Waals surface area (Å²) in [7, 11) is 0. The van der Waals surface area contributed by atoms with Gasteiger partial charge in [-0.25, -0.2) is 9.78 Å². The predicted molar refractivity (Wildman–Crippen MR) is 331 cm³/mol. The molecule has 1 unspecified atom stereocenters. The molecule has 3 aliphatic heterocycles.